The first-order valence-electron chi connectivity index (χ1n) is 8.29. The van der Waals surface area contributed by atoms with E-state index in [1.165, 1.54) is 0 Å². The fourth-order valence-electron chi connectivity index (χ4n) is 2.56. The van der Waals surface area contributed by atoms with Crippen LogP contribution in [0.25, 0.3) is 11.1 Å². The van der Waals surface area contributed by atoms with Crippen molar-refractivity contribution >= 4 is 11.6 Å². The molecule has 0 aromatic heterocycles. The van der Waals surface area contributed by atoms with Gasteiger partial charge in [-0.2, -0.15) is 5.26 Å². The Morgan fingerprint density at radius 2 is 1.62 bits per heavy atom. The van der Waals surface area contributed by atoms with E-state index < -0.39 is 6.10 Å². The number of nitrogens with zero attached hydrogens (tertiary/aromatic N) is 1. The molecule has 4 nitrogen and oxygen atoms in total. The monoisotopic (exact) mass is 342 g/mol. The topological polar surface area (TPSA) is 62.1 Å². The molecule has 3 aromatic carbocycles. The first-order valence-corrected chi connectivity index (χ1v) is 8.29. The van der Waals surface area contributed by atoms with Crippen molar-refractivity contribution in [3.63, 3.8) is 0 Å². The van der Waals surface area contributed by atoms with E-state index in [4.69, 9.17) is 10.00 Å². The van der Waals surface area contributed by atoms with Crippen molar-refractivity contribution in [3.05, 3.63) is 84.4 Å². The molecular weight excluding hydrogens is 324 g/mol. The summed E-state index contributed by atoms with van der Waals surface area (Å²) in [5, 5.41) is 11.8. The number of nitriles is 1. The second-order valence-electron chi connectivity index (χ2n) is 5.80. The average Bonchev–Trinajstić information content (AvgIpc) is 2.69. The Balaban J connectivity index is 1.72. The molecule has 0 saturated carbocycles. The lowest BCUT2D eigenvalue weighted by atomic mass is 10.0. The molecular formula is C22H18N2O2. The summed E-state index contributed by atoms with van der Waals surface area (Å²) in [6.07, 6.45) is -0.674. The van der Waals surface area contributed by atoms with Crippen LogP contribution in [0.1, 0.15) is 12.5 Å². The zero-order valence-electron chi connectivity index (χ0n) is 14.3. The summed E-state index contributed by atoms with van der Waals surface area (Å²) in [5.74, 6) is 0.306. The van der Waals surface area contributed by atoms with Crippen LogP contribution in [0.15, 0.2) is 78.9 Å². The van der Waals surface area contributed by atoms with Gasteiger partial charge in [-0.15, -0.1) is 0 Å². The van der Waals surface area contributed by atoms with Crippen LogP contribution in [0.4, 0.5) is 5.69 Å². The molecule has 0 aliphatic rings. The van der Waals surface area contributed by atoms with Crippen molar-refractivity contribution < 1.29 is 9.53 Å². The highest BCUT2D eigenvalue weighted by Gasteiger charge is 2.16. The molecule has 0 radical (unpaired) electrons. The first kappa shape index (κ1) is 17.2. The molecule has 1 atom stereocenters. The second kappa shape index (κ2) is 8.00. The van der Waals surface area contributed by atoms with Crippen LogP contribution in [-0.2, 0) is 4.79 Å². The summed E-state index contributed by atoms with van der Waals surface area (Å²) in [4.78, 5) is 12.5. The summed E-state index contributed by atoms with van der Waals surface area (Å²) in [5.41, 5.74) is 3.27. The zero-order valence-corrected chi connectivity index (χ0v) is 14.3. The fourth-order valence-corrected chi connectivity index (χ4v) is 2.56. The predicted octanol–water partition coefficient (Wildman–Crippen LogP) is 4.63. The molecule has 0 saturated heterocycles. The van der Waals surface area contributed by atoms with Gasteiger partial charge in [0, 0.05) is 11.3 Å². The smallest absolute Gasteiger partial charge is 0.265 e. The largest absolute Gasteiger partial charge is 0.481 e. The zero-order chi connectivity index (χ0) is 18.4. The number of ether oxygens (including phenoxy) is 1. The number of amides is 1. The Morgan fingerprint density at radius 1 is 0.962 bits per heavy atom. The number of hydrogen-bond donors (Lipinski definition) is 1. The van der Waals surface area contributed by atoms with Gasteiger partial charge in [-0.1, -0.05) is 48.5 Å². The number of rotatable bonds is 5. The first-order chi connectivity index (χ1) is 12.7. The van der Waals surface area contributed by atoms with Crippen LogP contribution < -0.4 is 10.1 Å². The number of carbonyl (C=O) groups is 1. The van der Waals surface area contributed by atoms with Crippen molar-refractivity contribution in [2.45, 2.75) is 13.0 Å². The molecule has 0 spiro atoms. The van der Waals surface area contributed by atoms with Crippen LogP contribution in [-0.4, -0.2) is 12.0 Å². The van der Waals surface area contributed by atoms with E-state index in [-0.39, 0.29) is 5.91 Å². The van der Waals surface area contributed by atoms with Gasteiger partial charge in [0.1, 0.15) is 5.75 Å². The Kier molecular flexibility index (Phi) is 5.31. The van der Waals surface area contributed by atoms with E-state index in [0.717, 1.165) is 16.8 Å². The SMILES string of the molecule is CC(Oc1ccc(C#N)cc1)C(=O)Nc1ccccc1-c1ccccc1. The van der Waals surface area contributed by atoms with Gasteiger partial charge in [0.05, 0.1) is 11.6 Å². The molecule has 1 unspecified atom stereocenters. The van der Waals surface area contributed by atoms with Crippen LogP contribution in [0.5, 0.6) is 5.75 Å². The molecule has 1 amide bonds. The van der Waals surface area contributed by atoms with E-state index in [2.05, 4.69) is 5.32 Å². The molecule has 26 heavy (non-hydrogen) atoms. The number of hydrogen-bond acceptors (Lipinski definition) is 3. The van der Waals surface area contributed by atoms with E-state index in [0.29, 0.717) is 11.3 Å². The van der Waals surface area contributed by atoms with E-state index in [1.807, 2.05) is 60.7 Å². The Morgan fingerprint density at radius 3 is 2.31 bits per heavy atom. The number of carbonyl (C=O) groups excluding carboxylic acids is 1. The molecule has 0 fully saturated rings. The number of benzene rings is 3. The van der Waals surface area contributed by atoms with Gasteiger partial charge < -0.3 is 10.1 Å². The standard InChI is InChI=1S/C22H18N2O2/c1-16(26-19-13-11-17(15-23)12-14-19)22(25)24-21-10-6-5-9-20(21)18-7-3-2-4-8-18/h2-14,16H,1H3,(H,24,25). The van der Waals surface area contributed by atoms with Gasteiger partial charge in [0.15, 0.2) is 6.10 Å². The molecule has 0 bridgehead atoms. The number of para-hydroxylation sites is 1. The fraction of sp³-hybridized carbons (Fsp3) is 0.0909. The third kappa shape index (κ3) is 4.08. The van der Waals surface area contributed by atoms with Crippen molar-refractivity contribution in [2.75, 3.05) is 5.32 Å². The van der Waals surface area contributed by atoms with E-state index >= 15 is 0 Å². The average molecular weight is 342 g/mol. The van der Waals surface area contributed by atoms with Crippen LogP contribution in [0.2, 0.25) is 0 Å². The lowest BCUT2D eigenvalue weighted by Crippen LogP contribution is -2.30. The summed E-state index contributed by atoms with van der Waals surface area (Å²) in [7, 11) is 0. The van der Waals surface area contributed by atoms with E-state index in [9.17, 15) is 4.79 Å². The van der Waals surface area contributed by atoms with E-state index in [1.54, 1.807) is 31.2 Å². The van der Waals surface area contributed by atoms with Gasteiger partial charge >= 0.3 is 0 Å². The summed E-state index contributed by atoms with van der Waals surface area (Å²) < 4.78 is 5.67. The van der Waals surface area contributed by atoms with Crippen LogP contribution in [0.3, 0.4) is 0 Å². The van der Waals surface area contributed by atoms with Gasteiger partial charge in [-0.3, -0.25) is 4.79 Å². The number of anilines is 1. The third-order valence-electron chi connectivity index (χ3n) is 3.94. The maximum Gasteiger partial charge on any atom is 0.265 e. The molecule has 3 rings (SSSR count). The normalized spacial score (nSPS) is 11.2. The molecule has 128 valence electrons. The minimum absolute atomic E-state index is 0.238. The van der Waals surface area contributed by atoms with Gasteiger partial charge in [-0.25, -0.2) is 0 Å². The maximum atomic E-state index is 12.5. The highest BCUT2D eigenvalue weighted by molar-refractivity contribution is 5.98. The second-order valence-corrected chi connectivity index (χ2v) is 5.80. The van der Waals surface area contributed by atoms with Crippen LogP contribution in [0, 0.1) is 11.3 Å². The minimum atomic E-state index is -0.674. The summed E-state index contributed by atoms with van der Waals surface area (Å²) in [6, 6.07) is 26.3. The highest BCUT2D eigenvalue weighted by Crippen LogP contribution is 2.27. The lowest BCUT2D eigenvalue weighted by Gasteiger charge is -2.16. The van der Waals surface area contributed by atoms with Crippen molar-refractivity contribution in [2.24, 2.45) is 0 Å². The molecule has 3 aromatic rings. The Hall–Kier alpha value is -3.58. The Labute approximate surface area is 152 Å². The van der Waals surface area contributed by atoms with Gasteiger partial charge in [-0.05, 0) is 42.8 Å². The van der Waals surface area contributed by atoms with Crippen molar-refractivity contribution in [1.29, 1.82) is 5.26 Å². The molecule has 0 heterocycles. The summed E-state index contributed by atoms with van der Waals surface area (Å²) in [6.45, 7) is 1.69. The lowest BCUT2D eigenvalue weighted by molar-refractivity contribution is -0.122. The predicted molar refractivity (Wildman–Crippen MR) is 102 cm³/mol. The third-order valence-corrected chi connectivity index (χ3v) is 3.94. The van der Waals surface area contributed by atoms with Gasteiger partial charge in [0.25, 0.3) is 5.91 Å². The molecule has 0 aliphatic carbocycles. The Bertz CT molecular complexity index is 928. The van der Waals surface area contributed by atoms with Crippen molar-refractivity contribution in [1.82, 2.24) is 0 Å². The van der Waals surface area contributed by atoms with Crippen LogP contribution >= 0.6 is 0 Å². The minimum Gasteiger partial charge on any atom is -0.481 e. The van der Waals surface area contributed by atoms with Gasteiger partial charge in [0.2, 0.25) is 0 Å². The quantitative estimate of drug-likeness (QED) is 0.735. The molecule has 1 N–H and O–H groups in total. The van der Waals surface area contributed by atoms with Crippen molar-refractivity contribution in [3.8, 4) is 22.9 Å². The highest BCUT2D eigenvalue weighted by atomic mass is 16.5. The maximum absolute atomic E-state index is 12.5. The molecule has 0 aliphatic heterocycles. The number of nitrogens with one attached hydrogen (secondary N) is 1. The molecule has 4 heteroatoms. The summed E-state index contributed by atoms with van der Waals surface area (Å²) >= 11 is 0.